The van der Waals surface area contributed by atoms with Gasteiger partial charge in [-0.15, -0.1) is 0 Å². The largest absolute Gasteiger partial charge is 0.349 e. The molecule has 1 amide bonds. The van der Waals surface area contributed by atoms with Crippen LogP contribution in [0.15, 0.2) is 43.0 Å². The van der Waals surface area contributed by atoms with Crippen molar-refractivity contribution in [2.75, 3.05) is 0 Å². The van der Waals surface area contributed by atoms with Crippen LogP contribution in [-0.4, -0.2) is 15.5 Å². The molecule has 4 nitrogen and oxygen atoms in total. The van der Waals surface area contributed by atoms with Crippen molar-refractivity contribution in [2.24, 2.45) is 0 Å². The zero-order valence-electron chi connectivity index (χ0n) is 13.7. The Morgan fingerprint density at radius 3 is 3.09 bits per heavy atom. The summed E-state index contributed by atoms with van der Waals surface area (Å²) in [5.74, 6) is 0.138. The first-order valence-electron chi connectivity index (χ1n) is 8.62. The van der Waals surface area contributed by atoms with Gasteiger partial charge >= 0.3 is 0 Å². The molecule has 0 unspecified atom stereocenters. The third-order valence-corrected chi connectivity index (χ3v) is 4.69. The van der Waals surface area contributed by atoms with Crippen molar-refractivity contribution in [1.82, 2.24) is 14.9 Å². The van der Waals surface area contributed by atoms with Gasteiger partial charge in [-0.1, -0.05) is 37.6 Å². The van der Waals surface area contributed by atoms with E-state index in [1.807, 2.05) is 12.5 Å². The number of aryl methyl sites for hydroxylation is 1. The number of nitrogens with one attached hydrogen (secondary N) is 1. The number of benzene rings is 1. The summed E-state index contributed by atoms with van der Waals surface area (Å²) in [5.41, 5.74) is 2.67. The third kappa shape index (κ3) is 3.81. The third-order valence-electron chi connectivity index (χ3n) is 4.69. The number of nitrogens with zero attached hydrogens (tertiary/aromatic N) is 2. The summed E-state index contributed by atoms with van der Waals surface area (Å²) < 4.78 is 2.05. The molecule has 0 fully saturated rings. The van der Waals surface area contributed by atoms with Crippen LogP contribution in [0.1, 0.15) is 62.2 Å². The van der Waals surface area contributed by atoms with Crippen LogP contribution in [0.25, 0.3) is 0 Å². The number of fused-ring (bicyclic) bond motifs is 1. The van der Waals surface area contributed by atoms with E-state index < -0.39 is 0 Å². The predicted octanol–water partition coefficient (Wildman–Crippen LogP) is 3.81. The van der Waals surface area contributed by atoms with E-state index in [0.29, 0.717) is 6.42 Å². The van der Waals surface area contributed by atoms with E-state index in [1.54, 1.807) is 6.20 Å². The van der Waals surface area contributed by atoms with Crippen LogP contribution in [-0.2, 0) is 11.2 Å². The number of carbonyl (C=O) groups is 1. The van der Waals surface area contributed by atoms with Gasteiger partial charge in [0.2, 0.25) is 5.91 Å². The van der Waals surface area contributed by atoms with Crippen molar-refractivity contribution < 1.29 is 4.79 Å². The SMILES string of the molecule is CCC[C@@H](CC(=O)N[C@@H]1CCCc2ccccc21)n1ccnc1. The maximum absolute atomic E-state index is 12.6. The Bertz CT molecular complexity index is 636. The lowest BCUT2D eigenvalue weighted by molar-refractivity contribution is -0.122. The molecular weight excluding hydrogens is 286 g/mol. The van der Waals surface area contributed by atoms with Crippen LogP contribution in [0, 0.1) is 0 Å². The van der Waals surface area contributed by atoms with E-state index in [9.17, 15) is 4.79 Å². The van der Waals surface area contributed by atoms with Crippen molar-refractivity contribution in [1.29, 1.82) is 0 Å². The minimum atomic E-state index is 0.138. The van der Waals surface area contributed by atoms with Gasteiger partial charge in [0.05, 0.1) is 12.4 Å². The van der Waals surface area contributed by atoms with Gasteiger partial charge in [0.25, 0.3) is 0 Å². The number of hydrogen-bond donors (Lipinski definition) is 1. The first-order valence-corrected chi connectivity index (χ1v) is 8.62. The molecule has 0 aliphatic heterocycles. The quantitative estimate of drug-likeness (QED) is 0.882. The van der Waals surface area contributed by atoms with Crippen molar-refractivity contribution in [3.8, 4) is 0 Å². The second-order valence-corrected chi connectivity index (χ2v) is 6.37. The van der Waals surface area contributed by atoms with Gasteiger partial charge in [-0.3, -0.25) is 4.79 Å². The molecule has 0 spiro atoms. The molecule has 0 radical (unpaired) electrons. The monoisotopic (exact) mass is 311 g/mol. The smallest absolute Gasteiger partial charge is 0.222 e. The van der Waals surface area contributed by atoms with Gasteiger partial charge in [-0.2, -0.15) is 0 Å². The first-order chi connectivity index (χ1) is 11.3. The summed E-state index contributed by atoms with van der Waals surface area (Å²) in [6.45, 7) is 2.15. The van der Waals surface area contributed by atoms with Crippen molar-refractivity contribution in [3.63, 3.8) is 0 Å². The Hall–Kier alpha value is -2.10. The fraction of sp³-hybridized carbons (Fsp3) is 0.474. The topological polar surface area (TPSA) is 46.9 Å². The van der Waals surface area contributed by atoms with E-state index in [-0.39, 0.29) is 18.0 Å². The Morgan fingerprint density at radius 2 is 2.30 bits per heavy atom. The molecule has 23 heavy (non-hydrogen) atoms. The lowest BCUT2D eigenvalue weighted by Gasteiger charge is -2.27. The van der Waals surface area contributed by atoms with Crippen molar-refractivity contribution in [2.45, 2.75) is 57.5 Å². The number of carbonyl (C=O) groups excluding carboxylic acids is 1. The van der Waals surface area contributed by atoms with E-state index in [2.05, 4.69) is 46.1 Å². The van der Waals surface area contributed by atoms with Gasteiger partial charge in [0.15, 0.2) is 0 Å². The van der Waals surface area contributed by atoms with E-state index in [0.717, 1.165) is 32.1 Å². The number of rotatable bonds is 6. The molecule has 1 aliphatic rings. The maximum Gasteiger partial charge on any atom is 0.222 e. The van der Waals surface area contributed by atoms with Gasteiger partial charge < -0.3 is 9.88 Å². The fourth-order valence-corrected chi connectivity index (χ4v) is 3.55. The van der Waals surface area contributed by atoms with Gasteiger partial charge in [0, 0.05) is 24.9 Å². The maximum atomic E-state index is 12.6. The molecule has 4 heteroatoms. The molecule has 0 saturated carbocycles. The van der Waals surface area contributed by atoms with Crippen LogP contribution in [0.2, 0.25) is 0 Å². The highest BCUT2D eigenvalue weighted by Crippen LogP contribution is 2.30. The predicted molar refractivity (Wildman–Crippen MR) is 91.1 cm³/mol. The second kappa shape index (κ2) is 7.44. The molecule has 1 heterocycles. The molecule has 122 valence electrons. The van der Waals surface area contributed by atoms with Gasteiger partial charge in [0.1, 0.15) is 0 Å². The van der Waals surface area contributed by atoms with Crippen molar-refractivity contribution >= 4 is 5.91 Å². The highest BCUT2D eigenvalue weighted by molar-refractivity contribution is 5.77. The average Bonchev–Trinajstić information content (AvgIpc) is 3.09. The number of aromatic nitrogens is 2. The zero-order valence-corrected chi connectivity index (χ0v) is 13.7. The van der Waals surface area contributed by atoms with Crippen molar-refractivity contribution in [3.05, 3.63) is 54.1 Å². The normalized spacial score (nSPS) is 18.2. The standard InChI is InChI=1S/C19H25N3O/c1-2-6-16(22-12-11-20-14-22)13-19(23)21-18-10-5-8-15-7-3-4-9-17(15)18/h3-4,7,9,11-12,14,16,18H,2,5-6,8,10,13H2,1H3,(H,21,23)/t16-,18+/m0/s1. The van der Waals surface area contributed by atoms with Gasteiger partial charge in [-0.25, -0.2) is 4.98 Å². The van der Waals surface area contributed by atoms with E-state index >= 15 is 0 Å². The lowest BCUT2D eigenvalue weighted by atomic mass is 9.87. The molecule has 1 aromatic heterocycles. The molecule has 3 rings (SSSR count). The summed E-state index contributed by atoms with van der Waals surface area (Å²) in [7, 11) is 0. The van der Waals surface area contributed by atoms with Crippen LogP contribution in [0.4, 0.5) is 0 Å². The fourth-order valence-electron chi connectivity index (χ4n) is 3.55. The Kier molecular flexibility index (Phi) is 5.11. The molecule has 2 aromatic rings. The summed E-state index contributed by atoms with van der Waals surface area (Å²) in [5, 5.41) is 3.25. The van der Waals surface area contributed by atoms with E-state index in [1.165, 1.54) is 11.1 Å². The highest BCUT2D eigenvalue weighted by Gasteiger charge is 2.23. The summed E-state index contributed by atoms with van der Waals surface area (Å²) in [6.07, 6.45) is 11.4. The number of imidazole rings is 1. The second-order valence-electron chi connectivity index (χ2n) is 6.37. The Morgan fingerprint density at radius 1 is 1.43 bits per heavy atom. The minimum Gasteiger partial charge on any atom is -0.349 e. The van der Waals surface area contributed by atoms with Crippen LogP contribution < -0.4 is 5.32 Å². The molecule has 1 aliphatic carbocycles. The van der Waals surface area contributed by atoms with E-state index in [4.69, 9.17) is 0 Å². The number of amides is 1. The van der Waals surface area contributed by atoms with Crippen LogP contribution in [0.5, 0.6) is 0 Å². The minimum absolute atomic E-state index is 0.138. The zero-order chi connectivity index (χ0) is 16.1. The molecule has 1 N–H and O–H groups in total. The lowest BCUT2D eigenvalue weighted by Crippen LogP contribution is -2.32. The van der Waals surface area contributed by atoms with Crippen LogP contribution >= 0.6 is 0 Å². The average molecular weight is 311 g/mol. The molecular formula is C19H25N3O. The molecule has 0 saturated heterocycles. The Balaban J connectivity index is 1.65. The molecule has 0 bridgehead atoms. The molecule has 2 atom stereocenters. The summed E-state index contributed by atoms with van der Waals surface area (Å²) >= 11 is 0. The summed E-state index contributed by atoms with van der Waals surface area (Å²) in [4.78, 5) is 16.7. The first kappa shape index (κ1) is 15.8. The Labute approximate surface area is 137 Å². The summed E-state index contributed by atoms with van der Waals surface area (Å²) in [6, 6.07) is 8.84. The highest BCUT2D eigenvalue weighted by atomic mass is 16.1. The van der Waals surface area contributed by atoms with Gasteiger partial charge in [-0.05, 0) is 36.8 Å². The molecule has 1 aromatic carbocycles. The van der Waals surface area contributed by atoms with Crippen LogP contribution in [0.3, 0.4) is 0 Å². The number of hydrogen-bond acceptors (Lipinski definition) is 2.